The summed E-state index contributed by atoms with van der Waals surface area (Å²) in [5.41, 5.74) is 4.24. The lowest BCUT2D eigenvalue weighted by molar-refractivity contribution is -0.143. The lowest BCUT2D eigenvalue weighted by Gasteiger charge is -2.25. The molecule has 0 saturated heterocycles. The van der Waals surface area contributed by atoms with E-state index in [1.807, 2.05) is 34.9 Å². The Bertz CT molecular complexity index is 1300. The van der Waals surface area contributed by atoms with Crippen LogP contribution >= 0.6 is 0 Å². The van der Waals surface area contributed by atoms with Crippen LogP contribution < -0.4 is 5.32 Å². The molecule has 4 aromatic rings. The van der Waals surface area contributed by atoms with Gasteiger partial charge in [0.2, 0.25) is 0 Å². The third-order valence-corrected chi connectivity index (χ3v) is 6.13. The molecule has 32 heavy (non-hydrogen) atoms. The van der Waals surface area contributed by atoms with Gasteiger partial charge >= 0.3 is 5.97 Å². The number of rotatable bonds is 5. The lowest BCUT2D eigenvalue weighted by Crippen LogP contribution is -2.39. The predicted molar refractivity (Wildman–Crippen MR) is 120 cm³/mol. The van der Waals surface area contributed by atoms with E-state index in [0.29, 0.717) is 25.1 Å². The van der Waals surface area contributed by atoms with Gasteiger partial charge in [-0.05, 0) is 62.1 Å². The molecule has 1 aliphatic rings. The summed E-state index contributed by atoms with van der Waals surface area (Å²) in [5, 5.41) is 4.89. The molecule has 0 radical (unpaired) electrons. The molecule has 0 bridgehead atoms. The van der Waals surface area contributed by atoms with Gasteiger partial charge in [0.15, 0.2) is 0 Å². The number of nitrogens with one attached hydrogen (secondary N) is 2. The highest BCUT2D eigenvalue weighted by Gasteiger charge is 2.28. The van der Waals surface area contributed by atoms with E-state index in [0.717, 1.165) is 39.5 Å². The van der Waals surface area contributed by atoms with Crippen molar-refractivity contribution in [2.45, 2.75) is 38.8 Å². The van der Waals surface area contributed by atoms with Crippen LogP contribution in [0.1, 0.15) is 35.1 Å². The first-order valence-electron chi connectivity index (χ1n) is 10.9. The van der Waals surface area contributed by atoms with Gasteiger partial charge in [0, 0.05) is 33.5 Å². The minimum Gasteiger partial charge on any atom is -0.465 e. The molecule has 6 nitrogen and oxygen atoms in total. The lowest BCUT2D eigenvalue weighted by atomic mass is 9.91. The number of amides is 1. The van der Waals surface area contributed by atoms with E-state index in [1.165, 1.54) is 12.1 Å². The van der Waals surface area contributed by atoms with E-state index in [9.17, 15) is 14.0 Å². The maximum absolute atomic E-state index is 14.1. The number of H-pyrrole nitrogens is 1. The molecule has 164 valence electrons. The Labute approximate surface area is 184 Å². The number of carbonyl (C=O) groups is 2. The molecule has 5 rings (SSSR count). The second-order valence-corrected chi connectivity index (χ2v) is 8.16. The molecule has 2 heterocycles. The Morgan fingerprint density at radius 1 is 1.22 bits per heavy atom. The highest BCUT2D eigenvalue weighted by molar-refractivity contribution is 5.98. The maximum atomic E-state index is 14.1. The van der Waals surface area contributed by atoms with Crippen LogP contribution in [0.25, 0.3) is 21.8 Å². The number of benzene rings is 2. The average Bonchev–Trinajstić information content (AvgIpc) is 3.34. The van der Waals surface area contributed by atoms with Crippen molar-refractivity contribution in [3.05, 3.63) is 71.3 Å². The fraction of sp³-hybridized carbons (Fsp3) is 0.280. The van der Waals surface area contributed by atoms with Crippen molar-refractivity contribution in [2.75, 3.05) is 6.61 Å². The second-order valence-electron chi connectivity index (χ2n) is 8.16. The Morgan fingerprint density at radius 2 is 2.06 bits per heavy atom. The van der Waals surface area contributed by atoms with Crippen LogP contribution in [0.5, 0.6) is 0 Å². The molecule has 0 unspecified atom stereocenters. The molecule has 7 heteroatoms. The SMILES string of the molecule is CCOC(=O)Cn1c2c(c3cc(F)ccc31)C[C@@H](NC(=O)c1cc3ccccc3[nH]1)CC2. The first kappa shape index (κ1) is 20.3. The number of nitrogens with zero attached hydrogens (tertiary/aromatic N) is 1. The number of esters is 1. The third-order valence-electron chi connectivity index (χ3n) is 6.13. The largest absolute Gasteiger partial charge is 0.465 e. The Morgan fingerprint density at radius 3 is 2.88 bits per heavy atom. The van der Waals surface area contributed by atoms with Crippen LogP contribution in [0.2, 0.25) is 0 Å². The van der Waals surface area contributed by atoms with Crippen molar-refractivity contribution >= 4 is 33.7 Å². The summed E-state index contributed by atoms with van der Waals surface area (Å²) in [7, 11) is 0. The van der Waals surface area contributed by atoms with Crippen molar-refractivity contribution in [1.29, 1.82) is 0 Å². The monoisotopic (exact) mass is 433 g/mol. The van der Waals surface area contributed by atoms with E-state index in [-0.39, 0.29) is 30.3 Å². The van der Waals surface area contributed by atoms with Gasteiger partial charge in [0.25, 0.3) is 5.91 Å². The van der Waals surface area contributed by atoms with Gasteiger partial charge in [-0.1, -0.05) is 18.2 Å². The van der Waals surface area contributed by atoms with Crippen molar-refractivity contribution in [3.8, 4) is 0 Å². The second kappa shape index (κ2) is 8.15. The molecule has 2 aromatic heterocycles. The fourth-order valence-electron chi connectivity index (χ4n) is 4.72. The average molecular weight is 433 g/mol. The van der Waals surface area contributed by atoms with Gasteiger partial charge in [0.05, 0.1) is 6.61 Å². The van der Waals surface area contributed by atoms with Crippen LogP contribution in [0.15, 0.2) is 48.5 Å². The summed E-state index contributed by atoms with van der Waals surface area (Å²) in [6, 6.07) is 14.2. The van der Waals surface area contributed by atoms with Crippen LogP contribution in [-0.2, 0) is 28.9 Å². The molecule has 1 amide bonds. The van der Waals surface area contributed by atoms with E-state index in [1.54, 1.807) is 13.0 Å². The van der Waals surface area contributed by atoms with Gasteiger partial charge < -0.3 is 19.6 Å². The molecular weight excluding hydrogens is 409 g/mol. The number of carbonyl (C=O) groups excluding carboxylic acids is 2. The Balaban J connectivity index is 1.42. The number of aromatic nitrogens is 2. The van der Waals surface area contributed by atoms with E-state index in [4.69, 9.17) is 4.74 Å². The molecule has 2 N–H and O–H groups in total. The van der Waals surface area contributed by atoms with Gasteiger partial charge in [-0.25, -0.2) is 4.39 Å². The highest BCUT2D eigenvalue weighted by Crippen LogP contribution is 2.33. The van der Waals surface area contributed by atoms with E-state index >= 15 is 0 Å². The molecule has 0 saturated carbocycles. The first-order chi connectivity index (χ1) is 15.5. The third kappa shape index (κ3) is 3.64. The Kier molecular flexibility index (Phi) is 5.17. The van der Waals surface area contributed by atoms with Gasteiger partial charge in [-0.3, -0.25) is 9.59 Å². The molecule has 1 aliphatic carbocycles. The number of hydrogen-bond acceptors (Lipinski definition) is 3. The van der Waals surface area contributed by atoms with Crippen LogP contribution in [-0.4, -0.2) is 34.1 Å². The van der Waals surface area contributed by atoms with Crippen LogP contribution in [0, 0.1) is 5.82 Å². The van der Waals surface area contributed by atoms with Gasteiger partial charge in [-0.15, -0.1) is 0 Å². The number of aromatic amines is 1. The number of fused-ring (bicyclic) bond motifs is 4. The Hall–Kier alpha value is -3.61. The summed E-state index contributed by atoms with van der Waals surface area (Å²) in [6.45, 7) is 2.19. The molecule has 0 spiro atoms. The highest BCUT2D eigenvalue weighted by atomic mass is 19.1. The van der Waals surface area contributed by atoms with E-state index in [2.05, 4.69) is 10.3 Å². The number of hydrogen-bond donors (Lipinski definition) is 2. The summed E-state index contributed by atoms with van der Waals surface area (Å²) in [6.07, 6.45) is 2.00. The van der Waals surface area contributed by atoms with Crippen LogP contribution in [0.3, 0.4) is 0 Å². The summed E-state index contributed by atoms with van der Waals surface area (Å²) < 4.78 is 21.1. The number of ether oxygens (including phenoxy) is 1. The summed E-state index contributed by atoms with van der Waals surface area (Å²) in [4.78, 5) is 28.2. The quantitative estimate of drug-likeness (QED) is 0.465. The normalized spacial score (nSPS) is 15.6. The van der Waals surface area contributed by atoms with E-state index < -0.39 is 0 Å². The summed E-state index contributed by atoms with van der Waals surface area (Å²) >= 11 is 0. The smallest absolute Gasteiger partial charge is 0.325 e. The van der Waals surface area contributed by atoms with Crippen molar-refractivity contribution < 1.29 is 18.7 Å². The zero-order valence-electron chi connectivity index (χ0n) is 17.8. The minimum absolute atomic E-state index is 0.0775. The van der Waals surface area contributed by atoms with Gasteiger partial charge in [-0.2, -0.15) is 0 Å². The molecule has 0 fully saturated rings. The molecular formula is C25H24FN3O3. The van der Waals surface area contributed by atoms with Crippen molar-refractivity contribution in [2.24, 2.45) is 0 Å². The number of halogens is 1. The molecule has 1 atom stereocenters. The molecule has 0 aliphatic heterocycles. The minimum atomic E-state index is -0.321. The maximum Gasteiger partial charge on any atom is 0.325 e. The predicted octanol–water partition coefficient (Wildman–Crippen LogP) is 4.11. The van der Waals surface area contributed by atoms with Crippen molar-refractivity contribution in [1.82, 2.24) is 14.9 Å². The topological polar surface area (TPSA) is 76.1 Å². The van der Waals surface area contributed by atoms with Crippen LogP contribution in [0.4, 0.5) is 4.39 Å². The fourth-order valence-corrected chi connectivity index (χ4v) is 4.72. The summed E-state index contributed by atoms with van der Waals surface area (Å²) in [5.74, 6) is -0.792. The number of para-hydroxylation sites is 1. The standard InChI is InChI=1S/C25H24FN3O3/c1-2-32-24(30)14-29-22-9-7-16(26)12-18(22)19-13-17(8-10-23(19)29)27-25(31)21-11-15-5-3-4-6-20(15)28-21/h3-7,9,11-12,17,28H,2,8,10,13-14H2,1H3,(H,27,31)/t17-/m0/s1. The zero-order chi connectivity index (χ0) is 22.2. The van der Waals surface area contributed by atoms with Crippen molar-refractivity contribution in [3.63, 3.8) is 0 Å². The first-order valence-corrected chi connectivity index (χ1v) is 10.9. The van der Waals surface area contributed by atoms with Gasteiger partial charge in [0.1, 0.15) is 18.1 Å². The molecule has 2 aromatic carbocycles. The zero-order valence-corrected chi connectivity index (χ0v) is 17.8.